The molecule has 0 heterocycles. The molecule has 90 valence electrons. The molecule has 1 aromatic rings. The summed E-state index contributed by atoms with van der Waals surface area (Å²) in [5, 5.41) is 3.40. The Labute approximate surface area is 99.7 Å². The second-order valence-corrected chi connectivity index (χ2v) is 4.47. The predicted molar refractivity (Wildman–Crippen MR) is 72.1 cm³/mol. The van der Waals surface area contributed by atoms with E-state index in [1.54, 1.807) is 0 Å². The summed E-state index contributed by atoms with van der Waals surface area (Å²) < 4.78 is 0. The fourth-order valence-corrected chi connectivity index (χ4v) is 1.91. The number of hydrogen-bond donors (Lipinski definition) is 1. The maximum Gasteiger partial charge on any atom is 0.0364 e. The summed E-state index contributed by atoms with van der Waals surface area (Å²) in [5.41, 5.74) is 2.66. The third-order valence-electron chi connectivity index (χ3n) is 2.98. The molecule has 0 aliphatic rings. The highest BCUT2D eigenvalue weighted by molar-refractivity contribution is 5.47. The first-order chi connectivity index (χ1) is 7.69. The molecule has 2 nitrogen and oxygen atoms in total. The van der Waals surface area contributed by atoms with Gasteiger partial charge in [-0.2, -0.15) is 0 Å². The van der Waals surface area contributed by atoms with Gasteiger partial charge in [0.05, 0.1) is 0 Å². The number of rotatable bonds is 6. The highest BCUT2D eigenvalue weighted by atomic mass is 15.1. The minimum atomic E-state index is 0.486. The molecule has 16 heavy (non-hydrogen) atoms. The van der Waals surface area contributed by atoms with Crippen molar-refractivity contribution >= 4 is 5.69 Å². The van der Waals surface area contributed by atoms with E-state index < -0.39 is 0 Å². The smallest absolute Gasteiger partial charge is 0.0364 e. The second kappa shape index (κ2) is 6.54. The Balaban J connectivity index is 2.79. The van der Waals surface area contributed by atoms with Crippen LogP contribution >= 0.6 is 0 Å². The van der Waals surface area contributed by atoms with Crippen LogP contribution in [0.4, 0.5) is 5.69 Å². The van der Waals surface area contributed by atoms with Crippen molar-refractivity contribution in [1.29, 1.82) is 0 Å². The number of nitrogens with one attached hydrogen (secondary N) is 1. The molecule has 0 aliphatic heterocycles. The minimum absolute atomic E-state index is 0.486. The normalized spacial score (nSPS) is 12.5. The lowest BCUT2D eigenvalue weighted by atomic mass is 10.0. The van der Waals surface area contributed by atoms with E-state index in [0.717, 1.165) is 0 Å². The van der Waals surface area contributed by atoms with Crippen molar-refractivity contribution < 1.29 is 0 Å². The molecule has 0 saturated carbocycles. The van der Waals surface area contributed by atoms with E-state index in [4.69, 9.17) is 0 Å². The largest absolute Gasteiger partial charge is 0.378 e. The van der Waals surface area contributed by atoms with Crippen LogP contribution in [0.15, 0.2) is 24.3 Å². The van der Waals surface area contributed by atoms with Crippen LogP contribution in [0.1, 0.15) is 37.8 Å². The molecule has 1 atom stereocenters. The van der Waals surface area contributed by atoms with E-state index >= 15 is 0 Å². The lowest BCUT2D eigenvalue weighted by Crippen LogP contribution is -2.17. The van der Waals surface area contributed by atoms with Crippen molar-refractivity contribution in [3.63, 3.8) is 0 Å². The first-order valence-electron chi connectivity index (χ1n) is 6.13. The van der Waals surface area contributed by atoms with Crippen LogP contribution in [0.3, 0.4) is 0 Å². The topological polar surface area (TPSA) is 15.3 Å². The van der Waals surface area contributed by atoms with E-state index in [-0.39, 0.29) is 0 Å². The van der Waals surface area contributed by atoms with Gasteiger partial charge in [0.15, 0.2) is 0 Å². The van der Waals surface area contributed by atoms with Gasteiger partial charge in [-0.25, -0.2) is 0 Å². The third kappa shape index (κ3) is 3.53. The van der Waals surface area contributed by atoms with Crippen molar-refractivity contribution in [2.75, 3.05) is 26.0 Å². The number of anilines is 1. The Morgan fingerprint density at radius 1 is 1.31 bits per heavy atom. The van der Waals surface area contributed by atoms with Gasteiger partial charge in [-0.1, -0.05) is 31.9 Å². The number of nitrogens with zero attached hydrogens (tertiary/aromatic N) is 1. The molecule has 0 spiro atoms. The van der Waals surface area contributed by atoms with Crippen LogP contribution in [-0.4, -0.2) is 21.1 Å². The number of unbranched alkanes of at least 4 members (excludes halogenated alkanes) is 1. The monoisotopic (exact) mass is 220 g/mol. The number of benzene rings is 1. The summed E-state index contributed by atoms with van der Waals surface area (Å²) in [6.07, 6.45) is 3.74. The molecule has 0 fully saturated rings. The third-order valence-corrected chi connectivity index (χ3v) is 2.98. The molecule has 0 radical (unpaired) electrons. The van der Waals surface area contributed by atoms with Gasteiger partial charge in [0.25, 0.3) is 0 Å². The molecule has 1 unspecified atom stereocenters. The average molecular weight is 220 g/mol. The zero-order chi connectivity index (χ0) is 12.0. The Hall–Kier alpha value is -1.02. The van der Waals surface area contributed by atoms with Gasteiger partial charge >= 0.3 is 0 Å². The molecule has 0 aliphatic carbocycles. The summed E-state index contributed by atoms with van der Waals surface area (Å²) in [5.74, 6) is 0. The van der Waals surface area contributed by atoms with Gasteiger partial charge < -0.3 is 10.2 Å². The van der Waals surface area contributed by atoms with Crippen LogP contribution in [0, 0.1) is 0 Å². The number of hydrogen-bond acceptors (Lipinski definition) is 2. The zero-order valence-electron chi connectivity index (χ0n) is 11.0. The van der Waals surface area contributed by atoms with Crippen LogP contribution in [0.5, 0.6) is 0 Å². The van der Waals surface area contributed by atoms with E-state index in [1.807, 2.05) is 7.05 Å². The van der Waals surface area contributed by atoms with Crippen LogP contribution in [-0.2, 0) is 0 Å². The van der Waals surface area contributed by atoms with Crippen LogP contribution < -0.4 is 10.2 Å². The van der Waals surface area contributed by atoms with E-state index in [2.05, 4.69) is 55.5 Å². The maximum atomic E-state index is 3.40. The summed E-state index contributed by atoms with van der Waals surface area (Å²) in [4.78, 5) is 2.15. The lowest BCUT2D eigenvalue weighted by Gasteiger charge is -2.19. The van der Waals surface area contributed by atoms with E-state index in [1.165, 1.54) is 30.5 Å². The summed E-state index contributed by atoms with van der Waals surface area (Å²) in [6.45, 7) is 2.24. The fourth-order valence-electron chi connectivity index (χ4n) is 1.91. The Kier molecular flexibility index (Phi) is 5.33. The van der Waals surface area contributed by atoms with Crippen molar-refractivity contribution in [3.8, 4) is 0 Å². The van der Waals surface area contributed by atoms with Gasteiger partial charge in [-0.15, -0.1) is 0 Å². The first kappa shape index (κ1) is 13.0. The average Bonchev–Trinajstić information content (AvgIpc) is 2.30. The Bertz CT molecular complexity index is 307. The Morgan fingerprint density at radius 3 is 2.62 bits per heavy atom. The van der Waals surface area contributed by atoms with Gasteiger partial charge in [0, 0.05) is 25.8 Å². The zero-order valence-corrected chi connectivity index (χ0v) is 11.0. The second-order valence-electron chi connectivity index (χ2n) is 4.47. The van der Waals surface area contributed by atoms with Crippen molar-refractivity contribution in [2.45, 2.75) is 32.2 Å². The van der Waals surface area contributed by atoms with Gasteiger partial charge in [0.2, 0.25) is 0 Å². The fraction of sp³-hybridized carbons (Fsp3) is 0.571. The molecule has 0 amide bonds. The molecule has 0 saturated heterocycles. The van der Waals surface area contributed by atoms with E-state index in [9.17, 15) is 0 Å². The summed E-state index contributed by atoms with van der Waals surface area (Å²) in [6, 6.07) is 9.26. The predicted octanol–water partition coefficient (Wildman–Crippen LogP) is 3.20. The molecule has 1 rings (SSSR count). The quantitative estimate of drug-likeness (QED) is 0.792. The molecular formula is C14H24N2. The molecule has 0 bridgehead atoms. The van der Waals surface area contributed by atoms with Crippen LogP contribution in [0.25, 0.3) is 0 Å². The Morgan fingerprint density at radius 2 is 2.06 bits per heavy atom. The van der Waals surface area contributed by atoms with Gasteiger partial charge in [0.1, 0.15) is 0 Å². The summed E-state index contributed by atoms with van der Waals surface area (Å²) >= 11 is 0. The highest BCUT2D eigenvalue weighted by Gasteiger charge is 2.09. The van der Waals surface area contributed by atoms with Crippen LogP contribution in [0.2, 0.25) is 0 Å². The minimum Gasteiger partial charge on any atom is -0.378 e. The maximum absolute atomic E-state index is 3.40. The molecule has 1 aromatic carbocycles. The van der Waals surface area contributed by atoms with Gasteiger partial charge in [-0.3, -0.25) is 0 Å². The molecule has 1 N–H and O–H groups in total. The van der Waals surface area contributed by atoms with E-state index in [0.29, 0.717) is 6.04 Å². The van der Waals surface area contributed by atoms with Gasteiger partial charge in [-0.05, 0) is 31.2 Å². The highest BCUT2D eigenvalue weighted by Crippen LogP contribution is 2.22. The van der Waals surface area contributed by atoms with Crippen molar-refractivity contribution in [3.05, 3.63) is 29.8 Å². The van der Waals surface area contributed by atoms with Crippen molar-refractivity contribution in [1.82, 2.24) is 5.32 Å². The SMILES string of the molecule is CCCCC(NC)c1cccc(N(C)C)c1. The first-order valence-corrected chi connectivity index (χ1v) is 6.13. The summed E-state index contributed by atoms with van der Waals surface area (Å²) in [7, 11) is 6.21. The molecule has 0 aromatic heterocycles. The van der Waals surface area contributed by atoms with Crippen molar-refractivity contribution in [2.24, 2.45) is 0 Å². The standard InChI is InChI=1S/C14H24N2/c1-5-6-10-14(15-2)12-8-7-9-13(11-12)16(3)4/h7-9,11,14-15H,5-6,10H2,1-4H3. The molecular weight excluding hydrogens is 196 g/mol. The molecule has 2 heteroatoms. The lowest BCUT2D eigenvalue weighted by molar-refractivity contribution is 0.523.